The summed E-state index contributed by atoms with van der Waals surface area (Å²) in [6, 6.07) is 0.403. The van der Waals surface area contributed by atoms with E-state index in [0.29, 0.717) is 40.6 Å². The number of aromatic nitrogens is 4. The molecule has 5 rings (SSSR count). The summed E-state index contributed by atoms with van der Waals surface area (Å²) in [5.74, 6) is 1.03. The van der Waals surface area contributed by atoms with Crippen LogP contribution in [-0.4, -0.2) is 57.2 Å². The molecule has 3 fully saturated rings. The Morgan fingerprint density at radius 3 is 2.76 bits per heavy atom. The molecule has 3 aliphatic rings. The molecular weight excluding hydrogens is 374 g/mol. The van der Waals surface area contributed by atoms with Gasteiger partial charge in [-0.05, 0) is 37.7 Å². The van der Waals surface area contributed by atoms with E-state index in [4.69, 9.17) is 4.74 Å². The van der Waals surface area contributed by atoms with Crippen LogP contribution in [0, 0.1) is 5.92 Å². The minimum Gasteiger partial charge on any atom is -0.381 e. The lowest BCUT2D eigenvalue weighted by molar-refractivity contribution is -0.124. The first-order chi connectivity index (χ1) is 14.2. The molecule has 0 radical (unpaired) electrons. The third kappa shape index (κ3) is 3.93. The SMILES string of the molecule is O=C1C/C(=C\c2cnn3c(NC4CC4)nc(NCC4CCOCC4)nc23)C(=O)N1. The Hall–Kier alpha value is -3.01. The zero-order chi connectivity index (χ0) is 19.8. The molecule has 2 saturated heterocycles. The summed E-state index contributed by atoms with van der Waals surface area (Å²) in [6.45, 7) is 2.37. The highest BCUT2D eigenvalue weighted by Crippen LogP contribution is 2.26. The van der Waals surface area contributed by atoms with Crippen LogP contribution in [0.15, 0.2) is 11.8 Å². The van der Waals surface area contributed by atoms with Crippen molar-refractivity contribution in [3.05, 3.63) is 17.3 Å². The topological polar surface area (TPSA) is 123 Å². The smallest absolute Gasteiger partial charge is 0.254 e. The van der Waals surface area contributed by atoms with Crippen molar-refractivity contribution in [2.75, 3.05) is 30.4 Å². The van der Waals surface area contributed by atoms with Crippen molar-refractivity contribution in [2.24, 2.45) is 5.92 Å². The van der Waals surface area contributed by atoms with Gasteiger partial charge in [0.25, 0.3) is 5.91 Å². The van der Waals surface area contributed by atoms with E-state index in [1.807, 2.05) is 0 Å². The van der Waals surface area contributed by atoms with Crippen LogP contribution < -0.4 is 16.0 Å². The predicted molar refractivity (Wildman–Crippen MR) is 105 cm³/mol. The molecule has 0 aromatic carbocycles. The van der Waals surface area contributed by atoms with Crippen LogP contribution in [-0.2, 0) is 14.3 Å². The highest BCUT2D eigenvalue weighted by molar-refractivity contribution is 6.15. The molecule has 1 aliphatic carbocycles. The van der Waals surface area contributed by atoms with E-state index in [-0.39, 0.29) is 18.2 Å². The first kappa shape index (κ1) is 18.0. The molecule has 10 heteroatoms. The van der Waals surface area contributed by atoms with E-state index < -0.39 is 0 Å². The minimum absolute atomic E-state index is 0.0727. The first-order valence-electron chi connectivity index (χ1n) is 10.0. The Balaban J connectivity index is 1.46. The number of hydrogen-bond acceptors (Lipinski definition) is 8. The number of rotatable bonds is 6. The van der Waals surface area contributed by atoms with Gasteiger partial charge in [0.1, 0.15) is 0 Å². The van der Waals surface area contributed by atoms with Gasteiger partial charge < -0.3 is 15.4 Å². The quantitative estimate of drug-likeness (QED) is 0.487. The van der Waals surface area contributed by atoms with Crippen molar-refractivity contribution in [1.82, 2.24) is 24.9 Å². The molecular formula is C19H23N7O3. The summed E-state index contributed by atoms with van der Waals surface area (Å²) >= 11 is 0. The van der Waals surface area contributed by atoms with Gasteiger partial charge >= 0.3 is 0 Å². The van der Waals surface area contributed by atoms with Gasteiger partial charge in [-0.3, -0.25) is 14.9 Å². The molecule has 152 valence electrons. The van der Waals surface area contributed by atoms with Gasteiger partial charge in [-0.2, -0.15) is 19.6 Å². The summed E-state index contributed by atoms with van der Waals surface area (Å²) in [4.78, 5) is 32.7. The molecule has 4 heterocycles. The van der Waals surface area contributed by atoms with Gasteiger partial charge in [-0.15, -0.1) is 0 Å². The van der Waals surface area contributed by atoms with E-state index in [1.165, 1.54) is 0 Å². The van der Waals surface area contributed by atoms with Gasteiger partial charge in [0.2, 0.25) is 17.8 Å². The van der Waals surface area contributed by atoms with Crippen molar-refractivity contribution in [3.63, 3.8) is 0 Å². The van der Waals surface area contributed by atoms with Crippen molar-refractivity contribution in [3.8, 4) is 0 Å². The third-order valence-corrected chi connectivity index (χ3v) is 5.42. The highest BCUT2D eigenvalue weighted by Gasteiger charge is 2.26. The van der Waals surface area contributed by atoms with E-state index in [1.54, 1.807) is 16.8 Å². The number of anilines is 2. The average molecular weight is 397 g/mol. The Kier molecular flexibility index (Phi) is 4.62. The maximum Gasteiger partial charge on any atom is 0.254 e. The molecule has 2 aliphatic heterocycles. The third-order valence-electron chi connectivity index (χ3n) is 5.42. The number of imide groups is 1. The molecule has 2 aromatic rings. The lowest BCUT2D eigenvalue weighted by Gasteiger charge is -2.22. The zero-order valence-electron chi connectivity index (χ0n) is 16.0. The first-order valence-corrected chi connectivity index (χ1v) is 10.0. The maximum atomic E-state index is 11.9. The zero-order valence-corrected chi connectivity index (χ0v) is 16.0. The molecule has 3 N–H and O–H groups in total. The normalized spacial score (nSPS) is 21.7. The van der Waals surface area contributed by atoms with Crippen LogP contribution in [0.4, 0.5) is 11.9 Å². The van der Waals surface area contributed by atoms with Gasteiger partial charge in [-0.25, -0.2) is 0 Å². The molecule has 0 unspecified atom stereocenters. The standard InChI is InChI=1S/C19H23N7O3/c27-15-8-12(17(28)23-15)7-13-10-21-26-16(13)24-18(25-19(26)22-14-1-2-14)20-9-11-3-5-29-6-4-11/h7,10-11,14H,1-6,8-9H2,(H,23,27,28)(H2,20,22,24,25)/b12-7+. The van der Waals surface area contributed by atoms with E-state index in [9.17, 15) is 9.59 Å². The van der Waals surface area contributed by atoms with Crippen molar-refractivity contribution < 1.29 is 14.3 Å². The Labute approximate surface area is 167 Å². The summed E-state index contributed by atoms with van der Waals surface area (Å²) < 4.78 is 7.07. The number of ether oxygens (including phenoxy) is 1. The Morgan fingerprint density at radius 1 is 1.21 bits per heavy atom. The molecule has 0 bridgehead atoms. The lowest BCUT2D eigenvalue weighted by atomic mass is 10.0. The largest absolute Gasteiger partial charge is 0.381 e. The van der Waals surface area contributed by atoms with E-state index in [2.05, 4.69) is 31.0 Å². The number of nitrogens with one attached hydrogen (secondary N) is 3. The molecule has 2 aromatic heterocycles. The van der Waals surface area contributed by atoms with Gasteiger partial charge in [-0.1, -0.05) is 0 Å². The number of carbonyl (C=O) groups excluding carboxylic acids is 2. The summed E-state index contributed by atoms with van der Waals surface area (Å²) in [5.41, 5.74) is 1.69. The van der Waals surface area contributed by atoms with Crippen molar-refractivity contribution >= 4 is 35.4 Å². The van der Waals surface area contributed by atoms with Crippen molar-refractivity contribution in [1.29, 1.82) is 0 Å². The average Bonchev–Trinajstić information content (AvgIpc) is 3.36. The molecule has 1 saturated carbocycles. The molecule has 10 nitrogen and oxygen atoms in total. The number of amides is 2. The fourth-order valence-electron chi connectivity index (χ4n) is 3.57. The number of fused-ring (bicyclic) bond motifs is 1. The minimum atomic E-state index is -0.363. The second kappa shape index (κ2) is 7.43. The molecule has 0 spiro atoms. The fraction of sp³-hybridized carbons (Fsp3) is 0.526. The summed E-state index contributed by atoms with van der Waals surface area (Å²) in [7, 11) is 0. The van der Waals surface area contributed by atoms with Crippen LogP contribution in [0.1, 0.15) is 37.7 Å². The molecule has 0 atom stereocenters. The molecule has 29 heavy (non-hydrogen) atoms. The van der Waals surface area contributed by atoms with Crippen LogP contribution in [0.25, 0.3) is 11.7 Å². The second-order valence-corrected chi connectivity index (χ2v) is 7.79. The summed E-state index contributed by atoms with van der Waals surface area (Å²) in [5, 5.41) is 13.4. The van der Waals surface area contributed by atoms with Crippen LogP contribution in [0.5, 0.6) is 0 Å². The number of carbonyl (C=O) groups is 2. The van der Waals surface area contributed by atoms with Gasteiger partial charge in [0.05, 0.1) is 12.6 Å². The van der Waals surface area contributed by atoms with Gasteiger partial charge in [0, 0.05) is 36.9 Å². The van der Waals surface area contributed by atoms with E-state index in [0.717, 1.165) is 45.4 Å². The van der Waals surface area contributed by atoms with Crippen LogP contribution in [0.3, 0.4) is 0 Å². The monoisotopic (exact) mass is 397 g/mol. The van der Waals surface area contributed by atoms with Gasteiger partial charge in [0.15, 0.2) is 5.65 Å². The Morgan fingerprint density at radius 2 is 2.03 bits per heavy atom. The maximum absolute atomic E-state index is 11.9. The predicted octanol–water partition coefficient (Wildman–Crippen LogP) is 0.967. The number of hydrogen-bond donors (Lipinski definition) is 3. The fourth-order valence-corrected chi connectivity index (χ4v) is 3.57. The van der Waals surface area contributed by atoms with E-state index >= 15 is 0 Å². The lowest BCUT2D eigenvalue weighted by Crippen LogP contribution is -2.23. The Bertz CT molecular complexity index is 989. The molecule has 2 amide bonds. The summed E-state index contributed by atoms with van der Waals surface area (Å²) in [6.07, 6.45) is 7.66. The van der Waals surface area contributed by atoms with Crippen molar-refractivity contribution in [2.45, 2.75) is 38.1 Å². The van der Waals surface area contributed by atoms with Crippen LogP contribution in [0.2, 0.25) is 0 Å². The van der Waals surface area contributed by atoms with Crippen LogP contribution >= 0.6 is 0 Å². The number of nitrogens with zero attached hydrogens (tertiary/aromatic N) is 4. The highest BCUT2D eigenvalue weighted by atomic mass is 16.5. The second-order valence-electron chi connectivity index (χ2n) is 7.79.